The minimum atomic E-state index is 0.135. The molecule has 9 aromatic carbocycles. The number of H-pyrrole nitrogens is 2. The fourth-order valence-corrected chi connectivity index (χ4v) is 13.9. The van der Waals surface area contributed by atoms with Crippen molar-refractivity contribution in [1.29, 1.82) is 0 Å². The van der Waals surface area contributed by atoms with E-state index in [2.05, 4.69) is 324 Å². The predicted octanol–water partition coefficient (Wildman–Crippen LogP) is 28.0. The first-order valence-corrected chi connectivity index (χ1v) is 41.2. The van der Waals surface area contributed by atoms with E-state index < -0.39 is 0 Å². The molecule has 9 heterocycles. The van der Waals surface area contributed by atoms with Gasteiger partial charge in [-0.15, -0.1) is 11.3 Å². The van der Waals surface area contributed by atoms with E-state index in [-0.39, 0.29) is 16.2 Å². The van der Waals surface area contributed by atoms with Gasteiger partial charge >= 0.3 is 0 Å². The molecule has 0 saturated carbocycles. The van der Waals surface area contributed by atoms with Crippen LogP contribution in [0.1, 0.15) is 237 Å². The zero-order valence-corrected chi connectivity index (χ0v) is 72.5. The second-order valence-corrected chi connectivity index (χ2v) is 35.4. The van der Waals surface area contributed by atoms with Crippen LogP contribution in [0.3, 0.4) is 0 Å². The Balaban J connectivity index is 0.000000136. The molecule has 18 rings (SSSR count). The van der Waals surface area contributed by atoms with E-state index in [9.17, 15) is 0 Å². The number of methoxy groups -OCH3 is 1. The monoisotopic (exact) mass is 1540 g/mol. The molecule has 3 aliphatic heterocycles. The number of thiazole rings is 1. The van der Waals surface area contributed by atoms with Crippen molar-refractivity contribution in [3.63, 3.8) is 0 Å². The minimum absolute atomic E-state index is 0.135. The van der Waals surface area contributed by atoms with Crippen molar-refractivity contribution in [2.24, 2.45) is 33.4 Å². The average Bonchev–Trinajstić information content (AvgIpc) is 1.63. The second-order valence-electron chi connectivity index (χ2n) is 34.5. The summed E-state index contributed by atoms with van der Waals surface area (Å²) in [5.74, 6) is 6.43. The molecule has 0 bridgehead atoms. The van der Waals surface area contributed by atoms with Crippen LogP contribution in [0.4, 0.5) is 11.4 Å². The Hall–Kier alpha value is -10.8. The van der Waals surface area contributed by atoms with Gasteiger partial charge in [0.05, 0.1) is 75.3 Å². The largest absolute Gasteiger partial charge is 0.497 e. The highest BCUT2D eigenvalue weighted by molar-refractivity contribution is 7.16. The van der Waals surface area contributed by atoms with E-state index in [0.29, 0.717) is 35.5 Å². The molecule has 15 aromatic rings. The number of para-hydroxylation sites is 5. The van der Waals surface area contributed by atoms with Crippen molar-refractivity contribution in [3.8, 4) is 5.75 Å². The fourth-order valence-electron chi connectivity index (χ4n) is 13.2. The molecule has 2 N–H and O–H groups in total. The van der Waals surface area contributed by atoms with Crippen molar-refractivity contribution in [3.05, 3.63) is 280 Å². The van der Waals surface area contributed by atoms with E-state index in [1.54, 1.807) is 24.7 Å². The lowest BCUT2D eigenvalue weighted by Gasteiger charge is -2.18. The van der Waals surface area contributed by atoms with Crippen LogP contribution in [0, 0.1) is 11.3 Å². The number of aliphatic imine (C=N–C) groups is 3. The molecule has 0 unspecified atom stereocenters. The highest BCUT2D eigenvalue weighted by Crippen LogP contribution is 2.36. The smallest absolute Gasteiger partial charge is 0.134 e. The number of nitrogens with one attached hydrogen (secondary N) is 2. The number of benzene rings is 9. The van der Waals surface area contributed by atoms with E-state index in [1.807, 2.05) is 96.8 Å². The quantitative estimate of drug-likeness (QED) is 0.161. The van der Waals surface area contributed by atoms with E-state index in [4.69, 9.17) is 13.6 Å². The van der Waals surface area contributed by atoms with E-state index >= 15 is 0 Å². The molecule has 0 radical (unpaired) electrons. The van der Waals surface area contributed by atoms with Gasteiger partial charge in [-0.05, 0) is 171 Å². The summed E-state index contributed by atoms with van der Waals surface area (Å²) in [5.41, 5.74) is 26.9. The molecule has 3 aliphatic rings. The van der Waals surface area contributed by atoms with Gasteiger partial charge in [-0.3, -0.25) is 25.2 Å². The minimum Gasteiger partial charge on any atom is -0.497 e. The first kappa shape index (κ1) is 85.6. The molecule has 0 saturated heterocycles. The van der Waals surface area contributed by atoms with Crippen molar-refractivity contribution < 1.29 is 13.6 Å². The number of hydrogen-bond donors (Lipinski definition) is 2. The predicted molar refractivity (Wildman–Crippen MR) is 486 cm³/mol. The van der Waals surface area contributed by atoms with Gasteiger partial charge in [0.25, 0.3) is 0 Å². The van der Waals surface area contributed by atoms with Crippen molar-refractivity contribution in [2.45, 2.75) is 205 Å². The third-order valence-electron chi connectivity index (χ3n) is 20.4. The molecule has 0 atom stereocenters. The molecule has 0 amide bonds. The van der Waals surface area contributed by atoms with Crippen LogP contribution >= 0.6 is 11.3 Å². The molecule has 13 nitrogen and oxygen atoms in total. The fraction of sp³-hybridized carbons (Fsp3) is 0.350. The Morgan fingerprint density at radius 1 is 0.500 bits per heavy atom. The van der Waals surface area contributed by atoms with Crippen molar-refractivity contribution in [1.82, 2.24) is 34.9 Å². The standard InChI is InChI=1S/C12H15NO.C12H15N.3C11H14N2.C11H13N.2C11H12O.C10H11NS/c1-8(2)12-7-9-6-10(14-3)4-5-11(9)13-12;1-12(2,3)11-8-9-6-4-5-7-10(9)13-11;1-11(2,3)9-4-5-10-8(6-9)7-12-13-10;1-11(2,3)10-8-6-4-5-7-9(8)12-13-10;1-8(2)11-12-9-6-4-5-7-10(9)13(11)3;1-8(2)9-3-4-10-6-12-7-11(10)5-9;1-8(2)9-3-4-11-10(7-9)5-6-12-11;1-8(2)11-7-9-5-3-4-6-10(9)12-11;1-7(2)8-3-4-10-9(5-8)11-6-12-10/h4-6,8H,7H2,1-3H3;4-7H,8H2,1-3H3;2*4-7H,1-3H3,(H,12,13);4-8H,1-3H3;3-6,8H,7H2,1-2H3;2*3-8H,1-2H3;3-7H,1-2H3. The molecule has 0 spiro atoms. The van der Waals surface area contributed by atoms with Crippen LogP contribution in [-0.2, 0) is 37.3 Å². The Kier molecular flexibility index (Phi) is 28.8. The number of aromatic nitrogens is 7. The average molecular weight is 1540 g/mol. The molecule has 0 fully saturated rings. The lowest BCUT2D eigenvalue weighted by atomic mass is 9.86. The van der Waals surface area contributed by atoms with Gasteiger partial charge in [-0.25, -0.2) is 9.97 Å². The maximum atomic E-state index is 5.63. The van der Waals surface area contributed by atoms with Crippen LogP contribution in [0.2, 0.25) is 0 Å². The molecule has 6 aromatic heterocycles. The highest BCUT2D eigenvalue weighted by atomic mass is 32.1. The Morgan fingerprint density at radius 3 is 1.83 bits per heavy atom. The molecule has 114 heavy (non-hydrogen) atoms. The zero-order valence-electron chi connectivity index (χ0n) is 71.7. The SMILES string of the molecule is CC(C)(C)C1=Nc2ccccc2C1.CC(C)(C)c1[nH]nc2ccccc12.CC(C)(C)c1ccc2[nH]ncc2c1.CC(C)c1cc2ccccc2o1.CC(C)c1ccc2c(c1)CN=C2.CC(C)c1ccc2occc2c1.CC(C)c1ccc2scnc2c1.CC(C)c1nc2ccccc2n1C.COc1ccc2c(c1)CC(C(C)C)=N2. The van der Waals surface area contributed by atoms with Gasteiger partial charge < -0.3 is 18.1 Å². The zero-order chi connectivity index (χ0) is 82.2. The number of rotatable bonds is 7. The van der Waals surface area contributed by atoms with E-state index in [1.165, 1.54) is 93.4 Å². The first-order valence-electron chi connectivity index (χ1n) is 40.3. The number of aromatic amines is 2. The summed E-state index contributed by atoms with van der Waals surface area (Å²) in [7, 11) is 3.77. The summed E-state index contributed by atoms with van der Waals surface area (Å²) in [5, 5.41) is 19.1. The van der Waals surface area contributed by atoms with Crippen molar-refractivity contribution in [2.75, 3.05) is 7.11 Å². The maximum absolute atomic E-state index is 5.63. The summed E-state index contributed by atoms with van der Waals surface area (Å²) >= 11 is 1.70. The number of aryl methyl sites for hydroxylation is 1. The Morgan fingerprint density at radius 2 is 1.16 bits per heavy atom. The maximum Gasteiger partial charge on any atom is 0.134 e. The number of hydrogen-bond acceptors (Lipinski definition) is 11. The number of ether oxygens (including phenoxy) is 1. The van der Waals surface area contributed by atoms with Gasteiger partial charge in [0.15, 0.2) is 0 Å². The Labute approximate surface area is 681 Å². The Bertz CT molecular complexity index is 5600. The van der Waals surface area contributed by atoms with Crippen molar-refractivity contribution >= 4 is 105 Å². The molecular weight excluding hydrogens is 1420 g/mol. The molecular formula is C100H120N10O3S. The molecule has 594 valence electrons. The summed E-state index contributed by atoms with van der Waals surface area (Å²) < 4.78 is 19.5. The van der Waals surface area contributed by atoms with Crippen LogP contribution in [0.25, 0.3) is 65.0 Å². The van der Waals surface area contributed by atoms with Crippen LogP contribution in [0.5, 0.6) is 5.75 Å². The molecule has 14 heteroatoms. The van der Waals surface area contributed by atoms with Crippen LogP contribution < -0.4 is 4.74 Å². The molecule has 0 aliphatic carbocycles. The number of nitrogens with zero attached hydrogens (tertiary/aromatic N) is 8. The summed E-state index contributed by atoms with van der Waals surface area (Å²) in [6, 6.07) is 69.0. The first-order chi connectivity index (χ1) is 54.2. The summed E-state index contributed by atoms with van der Waals surface area (Å²) in [4.78, 5) is 22.3. The third kappa shape index (κ3) is 22.8. The summed E-state index contributed by atoms with van der Waals surface area (Å²) in [6.45, 7) is 47.0. The van der Waals surface area contributed by atoms with Crippen LogP contribution in [-0.4, -0.2) is 59.7 Å². The van der Waals surface area contributed by atoms with Gasteiger partial charge in [0, 0.05) is 87.4 Å². The van der Waals surface area contributed by atoms with Gasteiger partial charge in [0.2, 0.25) is 0 Å². The number of furan rings is 2. The normalized spacial score (nSPS) is 12.6. The number of imidazole rings is 1. The van der Waals surface area contributed by atoms with E-state index in [0.717, 1.165) is 81.3 Å². The van der Waals surface area contributed by atoms with Gasteiger partial charge in [-0.1, -0.05) is 249 Å². The number of fused-ring (bicyclic) bond motifs is 9. The highest BCUT2D eigenvalue weighted by Gasteiger charge is 2.25. The summed E-state index contributed by atoms with van der Waals surface area (Å²) in [6.07, 6.45) is 7.56. The van der Waals surface area contributed by atoms with Gasteiger partial charge in [-0.2, -0.15) is 10.2 Å². The third-order valence-corrected chi connectivity index (χ3v) is 21.2. The second kappa shape index (κ2) is 38.3. The lowest BCUT2D eigenvalue weighted by Crippen LogP contribution is -2.19. The topological polar surface area (TPSA) is 161 Å². The van der Waals surface area contributed by atoms with Gasteiger partial charge in [0.1, 0.15) is 28.5 Å². The lowest BCUT2D eigenvalue weighted by molar-refractivity contribution is 0.414. The van der Waals surface area contributed by atoms with Crippen LogP contribution in [0.15, 0.2) is 242 Å².